The molecule has 0 radical (unpaired) electrons. The summed E-state index contributed by atoms with van der Waals surface area (Å²) in [6.45, 7) is 1.55. The second-order valence-corrected chi connectivity index (χ2v) is 4.64. The van der Waals surface area contributed by atoms with Crippen LogP contribution >= 0.6 is 11.6 Å². The fourth-order valence-corrected chi connectivity index (χ4v) is 1.97. The molecule has 0 saturated heterocycles. The van der Waals surface area contributed by atoms with Gasteiger partial charge >= 0.3 is 5.97 Å². The summed E-state index contributed by atoms with van der Waals surface area (Å²) in [6, 6.07) is 4.31. The maximum Gasteiger partial charge on any atom is 0.359 e. The van der Waals surface area contributed by atoms with E-state index in [-0.39, 0.29) is 23.0 Å². The molecule has 106 valence electrons. The Morgan fingerprint density at radius 2 is 2.25 bits per heavy atom. The van der Waals surface area contributed by atoms with E-state index in [0.717, 1.165) is 0 Å². The molecule has 0 atom stereocenters. The van der Waals surface area contributed by atoms with Gasteiger partial charge in [0.15, 0.2) is 5.69 Å². The zero-order valence-electron chi connectivity index (χ0n) is 11.0. The molecule has 1 heterocycles. The summed E-state index contributed by atoms with van der Waals surface area (Å²) in [6.07, 6.45) is 0. The zero-order chi connectivity index (χ0) is 14.9. The van der Waals surface area contributed by atoms with Gasteiger partial charge in [-0.1, -0.05) is 23.7 Å². The number of halogens is 2. The highest BCUT2D eigenvalue weighted by Gasteiger charge is 2.19. The molecule has 0 bridgehead atoms. The highest BCUT2D eigenvalue weighted by Crippen LogP contribution is 2.22. The third-order valence-electron chi connectivity index (χ3n) is 2.85. The van der Waals surface area contributed by atoms with E-state index in [1.165, 1.54) is 16.8 Å². The van der Waals surface area contributed by atoms with Crippen LogP contribution < -0.4 is 5.73 Å². The molecule has 1 aromatic heterocycles. The zero-order valence-corrected chi connectivity index (χ0v) is 11.7. The molecule has 5 nitrogen and oxygen atoms in total. The number of nitrogen functional groups attached to an aromatic ring is 1. The fraction of sp³-hybridized carbons (Fsp3) is 0.231. The lowest BCUT2D eigenvalue weighted by molar-refractivity contribution is 0.0461. The molecule has 0 spiro atoms. The van der Waals surface area contributed by atoms with Gasteiger partial charge in [-0.25, -0.2) is 9.18 Å². The second-order valence-electron chi connectivity index (χ2n) is 4.26. The van der Waals surface area contributed by atoms with Crippen molar-refractivity contribution >= 4 is 23.3 Å². The molecule has 0 amide bonds. The van der Waals surface area contributed by atoms with Crippen molar-refractivity contribution in [1.29, 1.82) is 0 Å². The van der Waals surface area contributed by atoms with E-state index in [4.69, 9.17) is 22.1 Å². The van der Waals surface area contributed by atoms with Crippen LogP contribution in [0, 0.1) is 12.7 Å². The van der Waals surface area contributed by atoms with Crippen LogP contribution in [0.3, 0.4) is 0 Å². The largest absolute Gasteiger partial charge is 0.456 e. The summed E-state index contributed by atoms with van der Waals surface area (Å²) in [5.41, 5.74) is 7.12. The number of esters is 1. The van der Waals surface area contributed by atoms with Crippen molar-refractivity contribution in [2.45, 2.75) is 13.5 Å². The van der Waals surface area contributed by atoms with E-state index >= 15 is 0 Å². The van der Waals surface area contributed by atoms with Crippen LogP contribution in [0.15, 0.2) is 18.2 Å². The van der Waals surface area contributed by atoms with Crippen molar-refractivity contribution in [3.8, 4) is 0 Å². The molecule has 0 aliphatic carbocycles. The number of carbonyl (C=O) groups is 1. The van der Waals surface area contributed by atoms with Crippen LogP contribution in [-0.2, 0) is 18.4 Å². The number of ether oxygens (including phenoxy) is 1. The van der Waals surface area contributed by atoms with Gasteiger partial charge in [0.2, 0.25) is 0 Å². The monoisotopic (exact) mass is 297 g/mol. The molecule has 0 fully saturated rings. The highest BCUT2D eigenvalue weighted by molar-refractivity contribution is 6.31. The summed E-state index contributed by atoms with van der Waals surface area (Å²) in [7, 11) is 1.59. The van der Waals surface area contributed by atoms with Crippen LogP contribution in [0.25, 0.3) is 0 Å². The van der Waals surface area contributed by atoms with Gasteiger partial charge < -0.3 is 10.5 Å². The Morgan fingerprint density at radius 1 is 1.55 bits per heavy atom. The lowest BCUT2D eigenvalue weighted by Crippen LogP contribution is -2.13. The van der Waals surface area contributed by atoms with Crippen LogP contribution in [0.2, 0.25) is 5.02 Å². The van der Waals surface area contributed by atoms with Crippen molar-refractivity contribution < 1.29 is 13.9 Å². The van der Waals surface area contributed by atoms with E-state index < -0.39 is 11.8 Å². The van der Waals surface area contributed by atoms with Crippen molar-refractivity contribution in [3.05, 3.63) is 46.0 Å². The minimum Gasteiger partial charge on any atom is -0.456 e. The number of aromatic nitrogens is 2. The Bertz CT molecular complexity index is 670. The van der Waals surface area contributed by atoms with Gasteiger partial charge in [0.25, 0.3) is 0 Å². The molecule has 2 rings (SSSR count). The van der Waals surface area contributed by atoms with Gasteiger partial charge in [0.1, 0.15) is 12.4 Å². The number of carbonyl (C=O) groups excluding carboxylic acids is 1. The Hall–Kier alpha value is -2.08. The minimum absolute atomic E-state index is 0.0607. The number of nitrogens with two attached hydrogens (primary N) is 1. The average molecular weight is 298 g/mol. The summed E-state index contributed by atoms with van der Waals surface area (Å²) in [4.78, 5) is 12.0. The summed E-state index contributed by atoms with van der Waals surface area (Å²) in [5, 5.41) is 3.96. The quantitative estimate of drug-likeness (QED) is 0.884. The van der Waals surface area contributed by atoms with Crippen LogP contribution in [0.4, 0.5) is 10.1 Å². The fourth-order valence-electron chi connectivity index (χ4n) is 1.79. The first-order valence-corrected chi connectivity index (χ1v) is 6.18. The van der Waals surface area contributed by atoms with Gasteiger partial charge in [-0.15, -0.1) is 0 Å². The Balaban J connectivity index is 2.15. The van der Waals surface area contributed by atoms with Gasteiger partial charge in [-0.05, 0) is 13.0 Å². The Kier molecular flexibility index (Phi) is 3.94. The van der Waals surface area contributed by atoms with Crippen LogP contribution in [0.5, 0.6) is 0 Å². The maximum atomic E-state index is 13.3. The predicted octanol–water partition coefficient (Wildman–Crippen LogP) is 2.46. The molecule has 1 aromatic carbocycles. The lowest BCUT2D eigenvalue weighted by atomic mass is 10.2. The van der Waals surface area contributed by atoms with Crippen molar-refractivity contribution in [1.82, 2.24) is 9.78 Å². The van der Waals surface area contributed by atoms with Crippen molar-refractivity contribution in [2.75, 3.05) is 5.73 Å². The topological polar surface area (TPSA) is 70.1 Å². The molecular formula is C13H13ClFN3O2. The number of hydrogen-bond acceptors (Lipinski definition) is 4. The molecule has 0 aliphatic rings. The lowest BCUT2D eigenvalue weighted by Gasteiger charge is -2.07. The molecule has 0 unspecified atom stereocenters. The number of benzene rings is 1. The first-order chi connectivity index (χ1) is 9.41. The van der Waals surface area contributed by atoms with Crippen LogP contribution in [-0.4, -0.2) is 15.7 Å². The van der Waals surface area contributed by atoms with Crippen molar-refractivity contribution in [2.24, 2.45) is 7.05 Å². The molecule has 20 heavy (non-hydrogen) atoms. The summed E-state index contributed by atoms with van der Waals surface area (Å²) < 4.78 is 19.7. The van der Waals surface area contributed by atoms with E-state index in [1.54, 1.807) is 20.0 Å². The van der Waals surface area contributed by atoms with Crippen molar-refractivity contribution in [3.63, 3.8) is 0 Å². The van der Waals surface area contributed by atoms with E-state index in [0.29, 0.717) is 11.3 Å². The summed E-state index contributed by atoms with van der Waals surface area (Å²) in [5.74, 6) is -1.19. The number of nitrogens with zero attached hydrogens (tertiary/aromatic N) is 2. The van der Waals surface area contributed by atoms with Gasteiger partial charge in [0.05, 0.1) is 16.4 Å². The van der Waals surface area contributed by atoms with E-state index in [2.05, 4.69) is 5.10 Å². The number of aryl methyl sites for hydroxylation is 2. The van der Waals surface area contributed by atoms with E-state index in [9.17, 15) is 9.18 Å². The number of rotatable bonds is 3. The normalized spacial score (nSPS) is 10.6. The second kappa shape index (κ2) is 5.50. The highest BCUT2D eigenvalue weighted by atomic mass is 35.5. The van der Waals surface area contributed by atoms with Crippen LogP contribution in [0.1, 0.15) is 21.7 Å². The molecule has 0 saturated carbocycles. The predicted molar refractivity (Wildman–Crippen MR) is 72.9 cm³/mol. The third-order valence-corrected chi connectivity index (χ3v) is 3.28. The van der Waals surface area contributed by atoms with Gasteiger partial charge in [-0.2, -0.15) is 5.10 Å². The van der Waals surface area contributed by atoms with Gasteiger partial charge in [-0.3, -0.25) is 4.68 Å². The molecular weight excluding hydrogens is 285 g/mol. The summed E-state index contributed by atoms with van der Waals surface area (Å²) >= 11 is 5.78. The molecule has 7 heteroatoms. The Labute approximate surface area is 120 Å². The smallest absolute Gasteiger partial charge is 0.359 e. The SMILES string of the molecule is Cc1nn(C)c(C(=O)OCc2cccc(F)c2Cl)c1N. The number of anilines is 1. The first kappa shape index (κ1) is 14.3. The standard InChI is InChI=1S/C13H13ClFN3O2/c1-7-11(16)12(18(2)17-7)13(19)20-6-8-4-3-5-9(15)10(8)14/h3-5H,6,16H2,1-2H3. The van der Waals surface area contributed by atoms with E-state index in [1.807, 2.05) is 0 Å². The Morgan fingerprint density at radius 3 is 2.85 bits per heavy atom. The molecule has 2 aromatic rings. The molecule has 2 N–H and O–H groups in total. The maximum absolute atomic E-state index is 13.3. The minimum atomic E-state index is -0.633. The third kappa shape index (κ3) is 2.60. The first-order valence-electron chi connectivity index (χ1n) is 5.81. The number of hydrogen-bond donors (Lipinski definition) is 1. The molecule has 0 aliphatic heterocycles. The average Bonchev–Trinajstić information content (AvgIpc) is 2.65. The van der Waals surface area contributed by atoms with Gasteiger partial charge in [0, 0.05) is 12.6 Å².